The third kappa shape index (κ3) is 3.87. The number of methoxy groups -OCH3 is 1. The molecule has 1 amide bonds. The number of nitrogens with zero attached hydrogens (tertiary/aromatic N) is 2. The quantitative estimate of drug-likeness (QED) is 0.540. The Kier molecular flexibility index (Phi) is 5.85. The Balaban J connectivity index is 1.71. The zero-order chi connectivity index (χ0) is 19.5. The molecule has 4 rings (SSSR count). The summed E-state index contributed by atoms with van der Waals surface area (Å²) < 4.78 is 12.1. The molecule has 1 aliphatic heterocycles. The summed E-state index contributed by atoms with van der Waals surface area (Å²) in [6.45, 7) is 1.27. The van der Waals surface area contributed by atoms with E-state index in [1.807, 2.05) is 24.5 Å². The van der Waals surface area contributed by atoms with E-state index in [9.17, 15) is 4.79 Å². The first kappa shape index (κ1) is 19.2. The molecule has 3 aromatic rings. The number of thiazole rings is 1. The van der Waals surface area contributed by atoms with E-state index >= 15 is 0 Å². The molecule has 1 fully saturated rings. The maximum absolute atomic E-state index is 13.4. The molecule has 7 heteroatoms. The van der Waals surface area contributed by atoms with Gasteiger partial charge in [0.05, 0.1) is 30.0 Å². The van der Waals surface area contributed by atoms with Crippen LogP contribution in [0.4, 0.5) is 5.13 Å². The van der Waals surface area contributed by atoms with Gasteiger partial charge in [-0.2, -0.15) is 0 Å². The summed E-state index contributed by atoms with van der Waals surface area (Å²) >= 11 is 3.22. The number of benzene rings is 2. The average Bonchev–Trinajstić information content (AvgIpc) is 3.40. The number of thioether (sulfide) groups is 1. The Morgan fingerprint density at radius 1 is 1.32 bits per heavy atom. The zero-order valence-electron chi connectivity index (χ0n) is 15.9. The minimum absolute atomic E-state index is 0.0502. The number of rotatable bonds is 6. The molecule has 0 spiro atoms. The van der Waals surface area contributed by atoms with Gasteiger partial charge in [0.15, 0.2) is 5.13 Å². The molecule has 0 N–H and O–H groups in total. The van der Waals surface area contributed by atoms with Crippen LogP contribution in [0.5, 0.6) is 5.75 Å². The monoisotopic (exact) mass is 414 g/mol. The summed E-state index contributed by atoms with van der Waals surface area (Å²) in [6.07, 6.45) is 4.09. The van der Waals surface area contributed by atoms with Crippen molar-refractivity contribution in [3.63, 3.8) is 0 Å². The van der Waals surface area contributed by atoms with Crippen molar-refractivity contribution >= 4 is 44.4 Å². The normalized spacial score (nSPS) is 16.4. The van der Waals surface area contributed by atoms with Crippen molar-refractivity contribution < 1.29 is 14.3 Å². The molecule has 2 aromatic carbocycles. The molecule has 1 saturated heterocycles. The van der Waals surface area contributed by atoms with Crippen molar-refractivity contribution in [2.75, 3.05) is 31.4 Å². The number of carbonyl (C=O) groups excluding carboxylic acids is 1. The Bertz CT molecular complexity index is 965. The largest absolute Gasteiger partial charge is 0.497 e. The van der Waals surface area contributed by atoms with Gasteiger partial charge in [0.2, 0.25) is 0 Å². The van der Waals surface area contributed by atoms with Gasteiger partial charge in [-0.05, 0) is 55.5 Å². The van der Waals surface area contributed by atoms with Gasteiger partial charge in [0, 0.05) is 17.1 Å². The van der Waals surface area contributed by atoms with Gasteiger partial charge in [0.25, 0.3) is 5.91 Å². The molecular weight excluding hydrogens is 392 g/mol. The second kappa shape index (κ2) is 8.51. The van der Waals surface area contributed by atoms with Gasteiger partial charge in [-0.1, -0.05) is 17.4 Å². The number of anilines is 1. The highest BCUT2D eigenvalue weighted by Gasteiger charge is 2.27. The Morgan fingerprint density at radius 2 is 2.14 bits per heavy atom. The summed E-state index contributed by atoms with van der Waals surface area (Å²) in [6, 6.07) is 13.4. The Morgan fingerprint density at radius 3 is 2.82 bits per heavy atom. The van der Waals surface area contributed by atoms with E-state index in [0.29, 0.717) is 17.2 Å². The van der Waals surface area contributed by atoms with Crippen molar-refractivity contribution in [3.8, 4) is 5.75 Å². The van der Waals surface area contributed by atoms with Gasteiger partial charge < -0.3 is 9.47 Å². The summed E-state index contributed by atoms with van der Waals surface area (Å²) in [5, 5.41) is 0.716. The van der Waals surface area contributed by atoms with Crippen LogP contribution in [0.15, 0.2) is 47.4 Å². The van der Waals surface area contributed by atoms with Crippen LogP contribution >= 0.6 is 23.1 Å². The molecule has 1 aliphatic rings. The van der Waals surface area contributed by atoms with Crippen molar-refractivity contribution in [2.24, 2.45) is 0 Å². The number of amides is 1. The van der Waals surface area contributed by atoms with E-state index in [0.717, 1.165) is 40.3 Å². The number of carbonyl (C=O) groups is 1. The molecule has 1 atom stereocenters. The topological polar surface area (TPSA) is 51.7 Å². The first-order valence-electron chi connectivity index (χ1n) is 9.20. The molecular formula is C21H22N2O3S2. The molecule has 0 aliphatic carbocycles. The van der Waals surface area contributed by atoms with Gasteiger partial charge in [-0.3, -0.25) is 9.69 Å². The summed E-state index contributed by atoms with van der Waals surface area (Å²) in [7, 11) is 1.62. The van der Waals surface area contributed by atoms with E-state index < -0.39 is 0 Å². The lowest BCUT2D eigenvalue weighted by Gasteiger charge is -2.23. The fraction of sp³-hybridized carbons (Fsp3) is 0.333. The van der Waals surface area contributed by atoms with E-state index in [-0.39, 0.29) is 12.0 Å². The minimum Gasteiger partial charge on any atom is -0.497 e. The molecule has 0 unspecified atom stereocenters. The SMILES string of the molecule is COc1ccc(C(=O)N(C[C@@H]2CCCO2)c2nc3c(SC)cccc3s2)cc1. The second-order valence-electron chi connectivity index (χ2n) is 6.58. The fourth-order valence-electron chi connectivity index (χ4n) is 3.32. The molecule has 28 heavy (non-hydrogen) atoms. The molecule has 146 valence electrons. The van der Waals surface area contributed by atoms with Crippen LogP contribution in [-0.2, 0) is 4.74 Å². The van der Waals surface area contributed by atoms with Crippen LogP contribution in [0.1, 0.15) is 23.2 Å². The Labute approximate surface area is 172 Å². The zero-order valence-corrected chi connectivity index (χ0v) is 17.5. The van der Waals surface area contributed by atoms with E-state index in [1.54, 1.807) is 47.2 Å². The van der Waals surface area contributed by atoms with Crippen LogP contribution < -0.4 is 9.64 Å². The highest BCUT2D eigenvalue weighted by molar-refractivity contribution is 7.98. The van der Waals surface area contributed by atoms with Crippen LogP contribution in [0.2, 0.25) is 0 Å². The molecule has 5 nitrogen and oxygen atoms in total. The standard InChI is InChI=1S/C21H22N2O3S2/c1-25-15-10-8-14(9-11-15)20(24)23(13-16-5-4-12-26-16)21-22-19-17(27-2)6-3-7-18(19)28-21/h3,6-11,16H,4-5,12-13H2,1-2H3/t16-/m0/s1. The van der Waals surface area contributed by atoms with E-state index in [2.05, 4.69) is 12.1 Å². The van der Waals surface area contributed by atoms with E-state index in [1.165, 1.54) is 0 Å². The number of ether oxygens (including phenoxy) is 2. The number of para-hydroxylation sites is 1. The molecule has 0 saturated carbocycles. The lowest BCUT2D eigenvalue weighted by atomic mass is 10.1. The van der Waals surface area contributed by atoms with Crippen molar-refractivity contribution in [1.29, 1.82) is 0 Å². The van der Waals surface area contributed by atoms with Gasteiger partial charge >= 0.3 is 0 Å². The molecule has 0 radical (unpaired) electrons. The average molecular weight is 415 g/mol. The molecule has 1 aromatic heterocycles. The van der Waals surface area contributed by atoms with Gasteiger partial charge in [0.1, 0.15) is 5.75 Å². The van der Waals surface area contributed by atoms with Crippen molar-refractivity contribution in [2.45, 2.75) is 23.8 Å². The summed E-state index contributed by atoms with van der Waals surface area (Å²) in [5.74, 6) is 0.662. The second-order valence-corrected chi connectivity index (χ2v) is 8.44. The van der Waals surface area contributed by atoms with Crippen LogP contribution in [-0.4, -0.2) is 43.5 Å². The lowest BCUT2D eigenvalue weighted by molar-refractivity contribution is 0.0917. The molecule has 2 heterocycles. The van der Waals surface area contributed by atoms with E-state index in [4.69, 9.17) is 14.5 Å². The number of hydrogen-bond acceptors (Lipinski definition) is 6. The summed E-state index contributed by atoms with van der Waals surface area (Å²) in [4.78, 5) is 21.1. The van der Waals surface area contributed by atoms with Crippen LogP contribution in [0.3, 0.4) is 0 Å². The van der Waals surface area contributed by atoms with Crippen molar-refractivity contribution in [3.05, 3.63) is 48.0 Å². The maximum atomic E-state index is 13.4. The fourth-order valence-corrected chi connectivity index (χ4v) is 4.95. The lowest BCUT2D eigenvalue weighted by Crippen LogP contribution is -2.37. The maximum Gasteiger partial charge on any atom is 0.260 e. The first-order valence-corrected chi connectivity index (χ1v) is 11.2. The third-order valence-corrected chi connectivity index (χ3v) is 6.63. The molecule has 0 bridgehead atoms. The highest BCUT2D eigenvalue weighted by atomic mass is 32.2. The van der Waals surface area contributed by atoms with Crippen LogP contribution in [0.25, 0.3) is 10.2 Å². The van der Waals surface area contributed by atoms with Crippen LogP contribution in [0, 0.1) is 0 Å². The smallest absolute Gasteiger partial charge is 0.260 e. The predicted molar refractivity (Wildman–Crippen MR) is 115 cm³/mol. The van der Waals surface area contributed by atoms with Crippen molar-refractivity contribution in [1.82, 2.24) is 4.98 Å². The number of hydrogen-bond donors (Lipinski definition) is 0. The minimum atomic E-state index is -0.0667. The highest BCUT2D eigenvalue weighted by Crippen LogP contribution is 2.35. The Hall–Kier alpha value is -2.09. The number of aromatic nitrogens is 1. The summed E-state index contributed by atoms with van der Waals surface area (Å²) in [5.41, 5.74) is 1.57. The van der Waals surface area contributed by atoms with Gasteiger partial charge in [-0.15, -0.1) is 11.8 Å². The van der Waals surface area contributed by atoms with Gasteiger partial charge in [-0.25, -0.2) is 4.98 Å². The first-order chi connectivity index (χ1) is 13.7. The predicted octanol–water partition coefficient (Wildman–Crippen LogP) is 4.85. The third-order valence-electron chi connectivity index (χ3n) is 4.81. The number of fused-ring (bicyclic) bond motifs is 1.